The second-order valence-corrected chi connectivity index (χ2v) is 4.59. The predicted molar refractivity (Wildman–Crippen MR) is 76.2 cm³/mol. The maximum atomic E-state index is 9.69. The summed E-state index contributed by atoms with van der Waals surface area (Å²) in [5.74, 6) is 0.220. The first-order chi connectivity index (χ1) is 9.19. The molecule has 0 aliphatic carbocycles. The SMILES string of the molecule is N#CCc1ccc(NCc2cc(Cl)ccc2O)cc1. The number of hydrogen-bond acceptors (Lipinski definition) is 3. The van der Waals surface area contributed by atoms with Gasteiger partial charge in [0.05, 0.1) is 12.5 Å². The minimum absolute atomic E-state index is 0.220. The zero-order valence-corrected chi connectivity index (χ0v) is 11.0. The van der Waals surface area contributed by atoms with Crippen molar-refractivity contribution >= 4 is 17.3 Å². The molecule has 2 rings (SSSR count). The first kappa shape index (κ1) is 13.3. The van der Waals surface area contributed by atoms with Crippen molar-refractivity contribution in [2.24, 2.45) is 0 Å². The summed E-state index contributed by atoms with van der Waals surface area (Å²) in [4.78, 5) is 0. The van der Waals surface area contributed by atoms with Gasteiger partial charge in [-0.15, -0.1) is 0 Å². The van der Waals surface area contributed by atoms with E-state index in [0.29, 0.717) is 18.0 Å². The highest BCUT2D eigenvalue weighted by Crippen LogP contribution is 2.22. The Kier molecular flexibility index (Phi) is 4.27. The monoisotopic (exact) mass is 272 g/mol. The highest BCUT2D eigenvalue weighted by Gasteiger charge is 2.02. The molecule has 0 radical (unpaired) electrons. The van der Waals surface area contributed by atoms with E-state index >= 15 is 0 Å². The van der Waals surface area contributed by atoms with E-state index in [-0.39, 0.29) is 5.75 Å². The van der Waals surface area contributed by atoms with E-state index in [1.54, 1.807) is 18.2 Å². The zero-order chi connectivity index (χ0) is 13.7. The second kappa shape index (κ2) is 6.12. The molecule has 0 fully saturated rings. The number of hydrogen-bond donors (Lipinski definition) is 2. The Balaban J connectivity index is 2.02. The van der Waals surface area contributed by atoms with Crippen LogP contribution in [0.2, 0.25) is 5.02 Å². The van der Waals surface area contributed by atoms with Gasteiger partial charge in [-0.05, 0) is 35.9 Å². The molecule has 0 unspecified atom stereocenters. The molecular weight excluding hydrogens is 260 g/mol. The largest absolute Gasteiger partial charge is 0.508 e. The van der Waals surface area contributed by atoms with E-state index in [4.69, 9.17) is 16.9 Å². The van der Waals surface area contributed by atoms with Crippen LogP contribution in [0.1, 0.15) is 11.1 Å². The van der Waals surface area contributed by atoms with Gasteiger partial charge < -0.3 is 10.4 Å². The summed E-state index contributed by atoms with van der Waals surface area (Å²) in [6.45, 7) is 0.490. The van der Waals surface area contributed by atoms with Crippen molar-refractivity contribution in [3.05, 3.63) is 58.6 Å². The van der Waals surface area contributed by atoms with E-state index in [2.05, 4.69) is 11.4 Å². The van der Waals surface area contributed by atoms with Crippen LogP contribution in [0.15, 0.2) is 42.5 Å². The highest BCUT2D eigenvalue weighted by molar-refractivity contribution is 6.30. The minimum Gasteiger partial charge on any atom is -0.508 e. The van der Waals surface area contributed by atoms with Crippen molar-refractivity contribution in [1.82, 2.24) is 0 Å². The Morgan fingerprint density at radius 2 is 1.89 bits per heavy atom. The molecule has 19 heavy (non-hydrogen) atoms. The Labute approximate surface area is 117 Å². The lowest BCUT2D eigenvalue weighted by atomic mass is 10.1. The van der Waals surface area contributed by atoms with Crippen molar-refractivity contribution in [2.75, 3.05) is 5.32 Å². The van der Waals surface area contributed by atoms with Crippen LogP contribution in [-0.2, 0) is 13.0 Å². The molecular formula is C15H13ClN2O. The molecule has 0 aromatic heterocycles. The summed E-state index contributed by atoms with van der Waals surface area (Å²) in [6, 6.07) is 14.7. The Morgan fingerprint density at radius 3 is 2.58 bits per heavy atom. The van der Waals surface area contributed by atoms with Gasteiger partial charge in [0.25, 0.3) is 0 Å². The topological polar surface area (TPSA) is 56.0 Å². The Hall–Kier alpha value is -2.18. The summed E-state index contributed by atoms with van der Waals surface area (Å²) >= 11 is 5.88. The van der Waals surface area contributed by atoms with Gasteiger partial charge in [-0.3, -0.25) is 0 Å². The van der Waals surface area contributed by atoms with E-state index < -0.39 is 0 Å². The normalized spacial score (nSPS) is 9.89. The Bertz CT molecular complexity index is 603. The molecule has 0 heterocycles. The zero-order valence-electron chi connectivity index (χ0n) is 10.2. The van der Waals surface area contributed by atoms with Crippen LogP contribution in [0.25, 0.3) is 0 Å². The molecule has 0 aliphatic rings. The number of nitriles is 1. The van der Waals surface area contributed by atoms with Crippen LogP contribution in [0.3, 0.4) is 0 Å². The number of halogens is 1. The fourth-order valence-electron chi connectivity index (χ4n) is 1.72. The number of nitrogens with zero attached hydrogens (tertiary/aromatic N) is 1. The third-order valence-electron chi connectivity index (χ3n) is 2.76. The van der Waals surface area contributed by atoms with Gasteiger partial charge >= 0.3 is 0 Å². The first-order valence-corrected chi connectivity index (χ1v) is 6.24. The van der Waals surface area contributed by atoms with Gasteiger partial charge in [0.1, 0.15) is 5.75 Å². The highest BCUT2D eigenvalue weighted by atomic mass is 35.5. The van der Waals surface area contributed by atoms with Crippen LogP contribution >= 0.6 is 11.6 Å². The fourth-order valence-corrected chi connectivity index (χ4v) is 1.92. The van der Waals surface area contributed by atoms with Gasteiger partial charge in [-0.25, -0.2) is 0 Å². The first-order valence-electron chi connectivity index (χ1n) is 5.86. The van der Waals surface area contributed by atoms with E-state index in [1.807, 2.05) is 24.3 Å². The van der Waals surface area contributed by atoms with Gasteiger partial charge in [0.15, 0.2) is 0 Å². The molecule has 2 aromatic rings. The lowest BCUT2D eigenvalue weighted by molar-refractivity contribution is 0.469. The number of benzene rings is 2. The number of nitrogens with one attached hydrogen (secondary N) is 1. The molecule has 3 nitrogen and oxygen atoms in total. The summed E-state index contributed by atoms with van der Waals surface area (Å²) in [6.07, 6.45) is 0.412. The van der Waals surface area contributed by atoms with Crippen molar-refractivity contribution in [1.29, 1.82) is 5.26 Å². The van der Waals surface area contributed by atoms with Crippen molar-refractivity contribution in [3.63, 3.8) is 0 Å². The summed E-state index contributed by atoms with van der Waals surface area (Å²) in [7, 11) is 0. The minimum atomic E-state index is 0.220. The average molecular weight is 273 g/mol. The van der Waals surface area contributed by atoms with E-state index in [0.717, 1.165) is 16.8 Å². The predicted octanol–water partition coefficient (Wildman–Crippen LogP) is 3.72. The van der Waals surface area contributed by atoms with Crippen LogP contribution in [0, 0.1) is 11.3 Å². The maximum absolute atomic E-state index is 9.69. The molecule has 0 saturated carbocycles. The molecule has 0 bridgehead atoms. The Morgan fingerprint density at radius 1 is 1.16 bits per heavy atom. The molecule has 0 saturated heterocycles. The lowest BCUT2D eigenvalue weighted by Gasteiger charge is -2.09. The maximum Gasteiger partial charge on any atom is 0.120 e. The van der Waals surface area contributed by atoms with Gasteiger partial charge in [0, 0.05) is 22.8 Å². The van der Waals surface area contributed by atoms with Crippen LogP contribution < -0.4 is 5.32 Å². The molecule has 2 aromatic carbocycles. The lowest BCUT2D eigenvalue weighted by Crippen LogP contribution is -1.99. The molecule has 2 N–H and O–H groups in total. The van der Waals surface area contributed by atoms with Gasteiger partial charge in [0.2, 0.25) is 0 Å². The molecule has 0 atom stereocenters. The molecule has 0 amide bonds. The molecule has 96 valence electrons. The molecule has 0 spiro atoms. The number of phenols is 1. The number of anilines is 1. The van der Waals surface area contributed by atoms with Crippen LogP contribution in [0.5, 0.6) is 5.75 Å². The van der Waals surface area contributed by atoms with E-state index in [9.17, 15) is 5.11 Å². The number of phenolic OH excluding ortho intramolecular Hbond substituents is 1. The fraction of sp³-hybridized carbons (Fsp3) is 0.133. The summed E-state index contributed by atoms with van der Waals surface area (Å²) in [5.41, 5.74) is 2.66. The van der Waals surface area contributed by atoms with Crippen molar-refractivity contribution in [2.45, 2.75) is 13.0 Å². The van der Waals surface area contributed by atoms with Gasteiger partial charge in [-0.1, -0.05) is 23.7 Å². The van der Waals surface area contributed by atoms with E-state index in [1.165, 1.54) is 0 Å². The number of aromatic hydroxyl groups is 1. The molecule has 4 heteroatoms. The molecule has 0 aliphatic heterocycles. The quantitative estimate of drug-likeness (QED) is 0.892. The van der Waals surface area contributed by atoms with Gasteiger partial charge in [-0.2, -0.15) is 5.26 Å². The third-order valence-corrected chi connectivity index (χ3v) is 3.00. The second-order valence-electron chi connectivity index (χ2n) is 4.16. The standard InChI is InChI=1S/C15H13ClN2O/c16-13-3-6-15(19)12(9-13)10-18-14-4-1-11(2-5-14)7-8-17/h1-6,9,18-19H,7,10H2. The average Bonchev–Trinajstić information content (AvgIpc) is 2.42. The smallest absolute Gasteiger partial charge is 0.120 e. The number of rotatable bonds is 4. The summed E-state index contributed by atoms with van der Waals surface area (Å²) < 4.78 is 0. The van der Waals surface area contributed by atoms with Crippen LogP contribution in [-0.4, -0.2) is 5.11 Å². The van der Waals surface area contributed by atoms with Crippen LogP contribution in [0.4, 0.5) is 5.69 Å². The third kappa shape index (κ3) is 3.64. The van der Waals surface area contributed by atoms with Crippen molar-refractivity contribution < 1.29 is 5.11 Å². The van der Waals surface area contributed by atoms with Crippen molar-refractivity contribution in [3.8, 4) is 11.8 Å². The summed E-state index contributed by atoms with van der Waals surface area (Å²) in [5, 5.41) is 22.1.